The van der Waals surface area contributed by atoms with Crippen LogP contribution in [0.15, 0.2) is 36.4 Å². The lowest BCUT2D eigenvalue weighted by molar-refractivity contribution is 0.727. The molecule has 0 aromatic heterocycles. The monoisotopic (exact) mass is 281 g/mol. The summed E-state index contributed by atoms with van der Waals surface area (Å²) in [5.41, 5.74) is 8.37. The van der Waals surface area contributed by atoms with E-state index in [1.807, 2.05) is 0 Å². The lowest BCUT2D eigenvalue weighted by Gasteiger charge is -2.13. The first kappa shape index (κ1) is 15.8. The van der Waals surface area contributed by atoms with Crippen molar-refractivity contribution in [1.29, 1.82) is 0 Å². The summed E-state index contributed by atoms with van der Waals surface area (Å²) in [5, 5.41) is 3.40. The van der Waals surface area contributed by atoms with Crippen molar-refractivity contribution < 1.29 is 0 Å². The maximum Gasteiger partial charge on any atom is 0.0205 e. The topological polar surface area (TPSA) is 12.0 Å². The highest BCUT2D eigenvalue weighted by atomic mass is 14.8. The van der Waals surface area contributed by atoms with Gasteiger partial charge < -0.3 is 5.32 Å². The van der Waals surface area contributed by atoms with Crippen LogP contribution in [0.5, 0.6) is 0 Å². The lowest BCUT2D eigenvalue weighted by Crippen LogP contribution is -2.11. The Kier molecular flexibility index (Phi) is 5.58. The van der Waals surface area contributed by atoms with Crippen LogP contribution in [-0.4, -0.2) is 6.54 Å². The number of hydrogen-bond acceptors (Lipinski definition) is 1. The van der Waals surface area contributed by atoms with Gasteiger partial charge in [-0.15, -0.1) is 0 Å². The Morgan fingerprint density at radius 1 is 0.857 bits per heavy atom. The van der Waals surface area contributed by atoms with Crippen LogP contribution in [0.2, 0.25) is 0 Å². The molecule has 0 aliphatic rings. The molecule has 1 nitrogen and oxygen atoms in total. The molecule has 112 valence electrons. The van der Waals surface area contributed by atoms with Gasteiger partial charge in [0, 0.05) is 6.54 Å². The van der Waals surface area contributed by atoms with Gasteiger partial charge in [-0.25, -0.2) is 0 Å². The van der Waals surface area contributed by atoms with Crippen molar-refractivity contribution in [3.05, 3.63) is 58.7 Å². The summed E-state index contributed by atoms with van der Waals surface area (Å²) in [6.07, 6.45) is 2.22. The summed E-state index contributed by atoms with van der Waals surface area (Å²) in [4.78, 5) is 0. The number of rotatable bonds is 6. The first-order chi connectivity index (χ1) is 10.2. The fraction of sp³-hybridized carbons (Fsp3) is 0.400. The molecule has 0 amide bonds. The molecule has 0 saturated carbocycles. The fourth-order valence-corrected chi connectivity index (χ4v) is 2.83. The zero-order valence-corrected chi connectivity index (χ0v) is 13.8. The van der Waals surface area contributed by atoms with Crippen LogP contribution in [0.3, 0.4) is 0 Å². The molecule has 0 unspecified atom stereocenters. The minimum absolute atomic E-state index is 0.942. The summed E-state index contributed by atoms with van der Waals surface area (Å²) in [6.45, 7) is 10.8. The van der Waals surface area contributed by atoms with E-state index in [0.29, 0.717) is 0 Å². The van der Waals surface area contributed by atoms with Gasteiger partial charge in [0.15, 0.2) is 0 Å². The standard InChI is InChI=1S/C20H27N/c1-5-17-10-11-19(13-18(17)6-2)20-12-16(14-21-7-3)9-8-15(20)4/h8-13,21H,5-7,14H2,1-4H3. The van der Waals surface area contributed by atoms with Crippen LogP contribution >= 0.6 is 0 Å². The summed E-state index contributed by atoms with van der Waals surface area (Å²) < 4.78 is 0. The van der Waals surface area contributed by atoms with Crippen LogP contribution < -0.4 is 5.32 Å². The molecule has 0 aliphatic carbocycles. The largest absolute Gasteiger partial charge is 0.313 e. The molecule has 2 aromatic rings. The molecule has 0 radical (unpaired) electrons. The average molecular weight is 281 g/mol. The van der Waals surface area contributed by atoms with Crippen molar-refractivity contribution in [2.75, 3.05) is 6.54 Å². The second kappa shape index (κ2) is 7.42. The van der Waals surface area contributed by atoms with Gasteiger partial charge in [0.1, 0.15) is 0 Å². The minimum atomic E-state index is 0.942. The summed E-state index contributed by atoms with van der Waals surface area (Å²) >= 11 is 0. The molecule has 1 N–H and O–H groups in total. The van der Waals surface area contributed by atoms with Crippen LogP contribution in [0.4, 0.5) is 0 Å². The predicted molar refractivity (Wildman–Crippen MR) is 92.8 cm³/mol. The normalized spacial score (nSPS) is 10.9. The van der Waals surface area contributed by atoms with Crippen molar-refractivity contribution >= 4 is 0 Å². The van der Waals surface area contributed by atoms with Gasteiger partial charge in [0.2, 0.25) is 0 Å². The van der Waals surface area contributed by atoms with E-state index in [4.69, 9.17) is 0 Å². The maximum absolute atomic E-state index is 3.40. The van der Waals surface area contributed by atoms with Crippen LogP contribution in [0.25, 0.3) is 11.1 Å². The summed E-state index contributed by atoms with van der Waals surface area (Å²) in [5.74, 6) is 0. The van der Waals surface area contributed by atoms with E-state index in [0.717, 1.165) is 25.9 Å². The molecule has 0 saturated heterocycles. The third kappa shape index (κ3) is 3.74. The third-order valence-corrected chi connectivity index (χ3v) is 4.16. The molecule has 0 heterocycles. The first-order valence-corrected chi connectivity index (χ1v) is 8.12. The Morgan fingerprint density at radius 2 is 1.62 bits per heavy atom. The van der Waals surface area contributed by atoms with Crippen molar-refractivity contribution in [3.63, 3.8) is 0 Å². The second-order valence-corrected chi connectivity index (χ2v) is 5.62. The third-order valence-electron chi connectivity index (χ3n) is 4.16. The van der Waals surface area contributed by atoms with Gasteiger partial charge in [-0.05, 0) is 65.8 Å². The second-order valence-electron chi connectivity index (χ2n) is 5.62. The number of benzene rings is 2. The molecular weight excluding hydrogens is 254 g/mol. The highest BCUT2D eigenvalue weighted by molar-refractivity contribution is 5.69. The Bertz CT molecular complexity index is 599. The highest BCUT2D eigenvalue weighted by Crippen LogP contribution is 2.27. The lowest BCUT2D eigenvalue weighted by atomic mass is 9.93. The Hall–Kier alpha value is -1.60. The van der Waals surface area contributed by atoms with Crippen molar-refractivity contribution in [3.8, 4) is 11.1 Å². The van der Waals surface area contributed by atoms with Gasteiger partial charge in [-0.1, -0.05) is 51.1 Å². The molecule has 0 fully saturated rings. The van der Waals surface area contributed by atoms with Crippen LogP contribution in [-0.2, 0) is 19.4 Å². The number of aryl methyl sites for hydroxylation is 3. The summed E-state index contributed by atoms with van der Waals surface area (Å²) in [7, 11) is 0. The van der Waals surface area contributed by atoms with E-state index < -0.39 is 0 Å². The van der Waals surface area contributed by atoms with Crippen LogP contribution in [0, 0.1) is 6.92 Å². The Labute approximate surface area is 129 Å². The van der Waals surface area contributed by atoms with Crippen LogP contribution in [0.1, 0.15) is 43.0 Å². The minimum Gasteiger partial charge on any atom is -0.313 e. The molecule has 1 heteroatoms. The fourth-order valence-electron chi connectivity index (χ4n) is 2.83. The maximum atomic E-state index is 3.40. The first-order valence-electron chi connectivity index (χ1n) is 8.12. The van der Waals surface area contributed by atoms with E-state index in [1.165, 1.54) is 33.4 Å². The molecule has 0 spiro atoms. The van der Waals surface area contributed by atoms with E-state index in [1.54, 1.807) is 0 Å². The zero-order valence-electron chi connectivity index (χ0n) is 13.8. The Morgan fingerprint density at radius 3 is 2.29 bits per heavy atom. The van der Waals surface area contributed by atoms with E-state index in [9.17, 15) is 0 Å². The predicted octanol–water partition coefficient (Wildman–Crippen LogP) is 4.90. The van der Waals surface area contributed by atoms with Gasteiger partial charge in [-0.3, -0.25) is 0 Å². The van der Waals surface area contributed by atoms with Gasteiger partial charge in [-0.2, -0.15) is 0 Å². The van der Waals surface area contributed by atoms with Gasteiger partial charge in [0.25, 0.3) is 0 Å². The van der Waals surface area contributed by atoms with Gasteiger partial charge >= 0.3 is 0 Å². The Balaban J connectivity index is 2.40. The molecule has 0 atom stereocenters. The van der Waals surface area contributed by atoms with Crippen molar-refractivity contribution in [1.82, 2.24) is 5.32 Å². The van der Waals surface area contributed by atoms with Gasteiger partial charge in [0.05, 0.1) is 0 Å². The quantitative estimate of drug-likeness (QED) is 0.794. The molecule has 0 aliphatic heterocycles. The molecule has 2 aromatic carbocycles. The zero-order chi connectivity index (χ0) is 15.2. The van der Waals surface area contributed by atoms with E-state index in [2.05, 4.69) is 69.4 Å². The van der Waals surface area contributed by atoms with Crippen molar-refractivity contribution in [2.45, 2.75) is 47.1 Å². The van der Waals surface area contributed by atoms with E-state index in [-0.39, 0.29) is 0 Å². The summed E-state index contributed by atoms with van der Waals surface area (Å²) in [6, 6.07) is 13.7. The highest BCUT2D eigenvalue weighted by Gasteiger charge is 2.06. The molecule has 2 rings (SSSR count). The molecule has 21 heavy (non-hydrogen) atoms. The van der Waals surface area contributed by atoms with Crippen molar-refractivity contribution in [2.24, 2.45) is 0 Å². The average Bonchev–Trinajstić information content (AvgIpc) is 2.53. The number of nitrogens with one attached hydrogen (secondary N) is 1. The van der Waals surface area contributed by atoms with E-state index >= 15 is 0 Å². The molecular formula is C20H27N. The smallest absolute Gasteiger partial charge is 0.0205 e. The SMILES string of the molecule is CCNCc1ccc(C)c(-c2ccc(CC)c(CC)c2)c1. The molecule has 0 bridgehead atoms. The number of hydrogen-bond donors (Lipinski definition) is 1.